The van der Waals surface area contributed by atoms with Crippen molar-refractivity contribution in [2.45, 2.75) is 38.8 Å². The molecule has 1 aromatic rings. The molecule has 2 rings (SSSR count). The smallest absolute Gasteiger partial charge is 0.407 e. The van der Waals surface area contributed by atoms with Crippen LogP contribution in [0, 0.1) is 0 Å². The number of fused-ring (bicyclic) bond motifs is 1. The van der Waals surface area contributed by atoms with Crippen LogP contribution >= 0.6 is 0 Å². The Morgan fingerprint density at radius 2 is 1.67 bits per heavy atom. The van der Waals surface area contributed by atoms with E-state index in [1.807, 2.05) is 0 Å². The second-order valence-electron chi connectivity index (χ2n) is 7.53. The summed E-state index contributed by atoms with van der Waals surface area (Å²) in [5, 5.41) is 2.57. The molecule has 1 aliphatic rings. The van der Waals surface area contributed by atoms with Gasteiger partial charge in [-0.2, -0.15) is 0 Å². The lowest BCUT2D eigenvalue weighted by molar-refractivity contribution is 0.0466. The number of sulfone groups is 1. The average molecular weight is 396 g/mol. The van der Waals surface area contributed by atoms with Crippen molar-refractivity contribution in [3.63, 3.8) is 0 Å². The minimum Gasteiger partial charge on any atom is -0.444 e. The fraction of sp³-hybridized carbons (Fsp3) is 0.500. The summed E-state index contributed by atoms with van der Waals surface area (Å²) in [6, 6.07) is 5.68. The van der Waals surface area contributed by atoms with Crippen molar-refractivity contribution >= 4 is 27.7 Å². The molecular weight excluding hydrogens is 372 g/mol. The van der Waals surface area contributed by atoms with Gasteiger partial charge in [-0.25, -0.2) is 13.2 Å². The van der Waals surface area contributed by atoms with Crippen molar-refractivity contribution < 1.29 is 27.5 Å². The Kier molecular flexibility index (Phi) is 5.94. The highest BCUT2D eigenvalue weighted by atomic mass is 32.2. The Labute approximate surface area is 158 Å². The molecule has 1 N–H and O–H groups in total. The van der Waals surface area contributed by atoms with E-state index >= 15 is 0 Å². The molecular formula is C18H24N2O6S. The van der Waals surface area contributed by atoms with Crippen molar-refractivity contribution in [3.05, 3.63) is 35.4 Å². The number of hydrogen-bond acceptors (Lipinski definition) is 6. The summed E-state index contributed by atoms with van der Waals surface area (Å²) in [4.78, 5) is 38.1. The summed E-state index contributed by atoms with van der Waals surface area (Å²) in [6.07, 6.45) is 0.392. The Morgan fingerprint density at radius 3 is 2.11 bits per heavy atom. The zero-order chi connectivity index (χ0) is 20.4. The van der Waals surface area contributed by atoms with E-state index in [0.29, 0.717) is 11.1 Å². The van der Waals surface area contributed by atoms with Crippen LogP contribution in [-0.4, -0.2) is 61.4 Å². The van der Waals surface area contributed by atoms with Crippen molar-refractivity contribution in [1.82, 2.24) is 10.2 Å². The van der Waals surface area contributed by atoms with Crippen LogP contribution in [0.5, 0.6) is 0 Å². The van der Waals surface area contributed by atoms with Crippen molar-refractivity contribution in [2.75, 3.05) is 18.6 Å². The maximum Gasteiger partial charge on any atom is 0.407 e. The second kappa shape index (κ2) is 7.67. The molecule has 0 saturated carbocycles. The van der Waals surface area contributed by atoms with E-state index in [0.717, 1.165) is 11.2 Å². The van der Waals surface area contributed by atoms with Gasteiger partial charge in [-0.05, 0) is 39.3 Å². The average Bonchev–Trinajstić information content (AvgIpc) is 2.75. The standard InChI is InChI=1S/C18H24N2O6S/c1-18(2,3)26-17(23)19-12(9-10-27(4,24)25)11-20-15(21)13-7-5-6-8-14(13)16(20)22/h5-8,12H,9-11H2,1-4H3,(H,19,23). The topological polar surface area (TPSA) is 110 Å². The lowest BCUT2D eigenvalue weighted by Crippen LogP contribution is -2.47. The summed E-state index contributed by atoms with van der Waals surface area (Å²) in [5.74, 6) is -1.13. The number of benzene rings is 1. The molecule has 3 amide bonds. The van der Waals surface area contributed by atoms with Crippen LogP contribution in [0.3, 0.4) is 0 Å². The second-order valence-corrected chi connectivity index (χ2v) is 9.79. The summed E-state index contributed by atoms with van der Waals surface area (Å²) in [7, 11) is -3.28. The first-order valence-corrected chi connectivity index (χ1v) is 10.6. The van der Waals surface area contributed by atoms with Crippen molar-refractivity contribution in [3.8, 4) is 0 Å². The van der Waals surface area contributed by atoms with Gasteiger partial charge in [0.25, 0.3) is 11.8 Å². The van der Waals surface area contributed by atoms with Crippen LogP contribution in [0.1, 0.15) is 47.9 Å². The van der Waals surface area contributed by atoms with Gasteiger partial charge >= 0.3 is 6.09 Å². The summed E-state index contributed by atoms with van der Waals surface area (Å²) in [5.41, 5.74) is -0.149. The van der Waals surface area contributed by atoms with E-state index in [1.165, 1.54) is 0 Å². The molecule has 0 spiro atoms. The molecule has 0 aliphatic carbocycles. The minimum absolute atomic E-state index is 0.0471. The summed E-state index contributed by atoms with van der Waals surface area (Å²) in [6.45, 7) is 4.95. The zero-order valence-corrected chi connectivity index (χ0v) is 16.6. The summed E-state index contributed by atoms with van der Waals surface area (Å²) >= 11 is 0. The molecule has 0 fully saturated rings. The largest absolute Gasteiger partial charge is 0.444 e. The molecule has 0 radical (unpaired) electrons. The van der Waals surface area contributed by atoms with Crippen LogP contribution in [0.4, 0.5) is 4.79 Å². The van der Waals surface area contributed by atoms with Gasteiger partial charge in [-0.15, -0.1) is 0 Å². The SMILES string of the molecule is CC(C)(C)OC(=O)NC(CCS(C)(=O)=O)CN1C(=O)c2ccccc2C1=O. The van der Waals surface area contributed by atoms with Crippen LogP contribution in [0.2, 0.25) is 0 Å². The van der Waals surface area contributed by atoms with E-state index < -0.39 is 39.4 Å². The van der Waals surface area contributed by atoms with Crippen LogP contribution in [0.15, 0.2) is 24.3 Å². The molecule has 0 aromatic heterocycles. The normalized spacial score (nSPS) is 15.5. The molecule has 1 unspecified atom stereocenters. The number of ether oxygens (including phenoxy) is 1. The van der Waals surface area contributed by atoms with Gasteiger partial charge < -0.3 is 10.1 Å². The predicted molar refractivity (Wildman–Crippen MR) is 99.3 cm³/mol. The Hall–Kier alpha value is -2.42. The van der Waals surface area contributed by atoms with E-state index in [-0.39, 0.29) is 18.7 Å². The van der Waals surface area contributed by atoms with Gasteiger partial charge in [-0.3, -0.25) is 14.5 Å². The number of nitrogens with one attached hydrogen (secondary N) is 1. The van der Waals surface area contributed by atoms with E-state index in [2.05, 4.69) is 5.32 Å². The molecule has 27 heavy (non-hydrogen) atoms. The molecule has 1 heterocycles. The first-order valence-electron chi connectivity index (χ1n) is 8.50. The Morgan fingerprint density at radius 1 is 1.15 bits per heavy atom. The number of alkyl carbamates (subject to hydrolysis) is 1. The van der Waals surface area contributed by atoms with Gasteiger partial charge in [0.2, 0.25) is 0 Å². The fourth-order valence-corrected chi connectivity index (χ4v) is 3.38. The van der Waals surface area contributed by atoms with Gasteiger partial charge in [-0.1, -0.05) is 12.1 Å². The van der Waals surface area contributed by atoms with Gasteiger partial charge in [0.15, 0.2) is 0 Å². The molecule has 0 saturated heterocycles. The first kappa shape index (κ1) is 20.9. The van der Waals surface area contributed by atoms with Gasteiger partial charge in [0.05, 0.1) is 22.9 Å². The monoisotopic (exact) mass is 396 g/mol. The molecule has 8 nitrogen and oxygen atoms in total. The number of nitrogens with zero attached hydrogens (tertiary/aromatic N) is 1. The van der Waals surface area contributed by atoms with Crippen LogP contribution < -0.4 is 5.32 Å². The summed E-state index contributed by atoms with van der Waals surface area (Å²) < 4.78 is 28.2. The lowest BCUT2D eigenvalue weighted by Gasteiger charge is -2.26. The number of amides is 3. The molecule has 0 bridgehead atoms. The fourth-order valence-electron chi connectivity index (χ4n) is 2.66. The van der Waals surface area contributed by atoms with Gasteiger partial charge in [0, 0.05) is 12.8 Å². The van der Waals surface area contributed by atoms with E-state index in [1.54, 1.807) is 45.0 Å². The molecule has 1 aliphatic heterocycles. The third-order valence-corrected chi connectivity index (χ3v) is 4.82. The van der Waals surface area contributed by atoms with Crippen molar-refractivity contribution in [2.24, 2.45) is 0 Å². The zero-order valence-electron chi connectivity index (χ0n) is 15.8. The third kappa shape index (κ3) is 5.78. The predicted octanol–water partition coefficient (Wildman–Crippen LogP) is 1.61. The first-order chi connectivity index (χ1) is 12.4. The quantitative estimate of drug-likeness (QED) is 0.732. The number of hydrogen-bond donors (Lipinski definition) is 1. The number of rotatable bonds is 6. The number of imide groups is 1. The lowest BCUT2D eigenvalue weighted by atomic mass is 10.1. The van der Waals surface area contributed by atoms with Crippen molar-refractivity contribution in [1.29, 1.82) is 0 Å². The van der Waals surface area contributed by atoms with Crippen LogP contribution in [-0.2, 0) is 14.6 Å². The molecule has 9 heteroatoms. The number of carbonyl (C=O) groups is 3. The van der Waals surface area contributed by atoms with E-state index in [4.69, 9.17) is 4.74 Å². The molecule has 148 valence electrons. The maximum absolute atomic E-state index is 12.5. The number of carbonyl (C=O) groups excluding carboxylic acids is 3. The third-order valence-electron chi connectivity index (χ3n) is 3.84. The van der Waals surface area contributed by atoms with E-state index in [9.17, 15) is 22.8 Å². The maximum atomic E-state index is 12.5. The molecule has 1 aromatic carbocycles. The highest BCUT2D eigenvalue weighted by Crippen LogP contribution is 2.23. The Balaban J connectivity index is 2.15. The van der Waals surface area contributed by atoms with Gasteiger partial charge in [0.1, 0.15) is 15.4 Å². The Bertz CT molecular complexity index is 822. The minimum atomic E-state index is -3.28. The van der Waals surface area contributed by atoms with Crippen LogP contribution in [0.25, 0.3) is 0 Å². The molecule has 1 atom stereocenters. The highest BCUT2D eigenvalue weighted by molar-refractivity contribution is 7.90. The highest BCUT2D eigenvalue weighted by Gasteiger charge is 2.37.